The fourth-order valence-electron chi connectivity index (χ4n) is 4.23. The van der Waals surface area contributed by atoms with Gasteiger partial charge in [0.25, 0.3) is 0 Å². The number of ether oxygens (including phenoxy) is 1. The van der Waals surface area contributed by atoms with Gasteiger partial charge >= 0.3 is 5.97 Å². The maximum absolute atomic E-state index is 12.1. The number of rotatable bonds is 4. The molecule has 6 nitrogen and oxygen atoms in total. The first-order chi connectivity index (χ1) is 12.7. The van der Waals surface area contributed by atoms with Gasteiger partial charge in [-0.15, -0.1) is 0 Å². The van der Waals surface area contributed by atoms with E-state index < -0.39 is 11.2 Å². The smallest absolute Gasteiger partial charge is 0.309 e. The molecule has 0 spiro atoms. The Labute approximate surface area is 162 Å². The van der Waals surface area contributed by atoms with Crippen LogP contribution in [0.1, 0.15) is 52.9 Å². The maximum Gasteiger partial charge on any atom is 0.309 e. The molecule has 0 radical (unpaired) electrons. The zero-order valence-electron chi connectivity index (χ0n) is 16.9. The molecule has 1 aromatic heterocycles. The molecule has 0 bridgehead atoms. The molecule has 2 heterocycles. The van der Waals surface area contributed by atoms with Crippen molar-refractivity contribution >= 4 is 11.7 Å². The Morgan fingerprint density at radius 1 is 1.19 bits per heavy atom. The number of carbonyl (C=O) groups excluding carboxylic acids is 1. The molecule has 2 aliphatic rings. The predicted molar refractivity (Wildman–Crippen MR) is 106 cm³/mol. The van der Waals surface area contributed by atoms with Crippen LogP contribution in [0.2, 0.25) is 0 Å². The zero-order chi connectivity index (χ0) is 19.5. The molecule has 1 saturated carbocycles. The third-order valence-electron chi connectivity index (χ3n) is 5.64. The summed E-state index contributed by atoms with van der Waals surface area (Å²) in [5, 5.41) is 10.8. The molecule has 1 N–H and O–H groups in total. The van der Waals surface area contributed by atoms with Crippen molar-refractivity contribution in [3.8, 4) is 0 Å². The quantitative estimate of drug-likeness (QED) is 0.816. The number of anilines is 1. The zero-order valence-corrected chi connectivity index (χ0v) is 16.9. The molecular formula is C21H33N3O3. The minimum absolute atomic E-state index is 0.104. The summed E-state index contributed by atoms with van der Waals surface area (Å²) in [6, 6.07) is 4.63. The first kappa shape index (κ1) is 20.1. The number of hydrogen-bond donors (Lipinski definition) is 1. The van der Waals surface area contributed by atoms with Gasteiger partial charge in [-0.05, 0) is 58.6 Å². The molecular weight excluding hydrogens is 342 g/mol. The summed E-state index contributed by atoms with van der Waals surface area (Å²) in [7, 11) is 0. The molecule has 0 amide bonds. The summed E-state index contributed by atoms with van der Waals surface area (Å²) in [4.78, 5) is 21.1. The third-order valence-corrected chi connectivity index (χ3v) is 5.64. The molecule has 1 saturated heterocycles. The number of hydrogen-bond acceptors (Lipinski definition) is 6. The van der Waals surface area contributed by atoms with Crippen molar-refractivity contribution in [2.75, 3.05) is 31.1 Å². The molecule has 3 rings (SSSR count). The van der Waals surface area contributed by atoms with Crippen molar-refractivity contribution in [2.24, 2.45) is 0 Å². The van der Waals surface area contributed by atoms with Gasteiger partial charge in [-0.1, -0.05) is 0 Å². The second-order valence-corrected chi connectivity index (χ2v) is 8.95. The molecule has 6 heteroatoms. The molecule has 0 unspecified atom stereocenters. The summed E-state index contributed by atoms with van der Waals surface area (Å²) in [5.74, 6) is -0.297. The molecule has 27 heavy (non-hydrogen) atoms. The number of esters is 1. The molecule has 0 aromatic carbocycles. The van der Waals surface area contributed by atoms with E-state index in [1.54, 1.807) is 0 Å². The van der Waals surface area contributed by atoms with E-state index in [0.717, 1.165) is 39.0 Å². The Kier molecular flexibility index (Phi) is 6.06. The van der Waals surface area contributed by atoms with E-state index in [2.05, 4.69) is 26.9 Å². The lowest BCUT2D eigenvalue weighted by molar-refractivity contribution is -0.162. The summed E-state index contributed by atoms with van der Waals surface area (Å²) >= 11 is 0. The first-order valence-electron chi connectivity index (χ1n) is 10.1. The number of aliphatic hydroxyl groups is 1. The topological polar surface area (TPSA) is 65.9 Å². The summed E-state index contributed by atoms with van der Waals surface area (Å²) in [6.07, 6.45) is 7.00. The van der Waals surface area contributed by atoms with Crippen molar-refractivity contribution in [3.63, 3.8) is 0 Å². The van der Waals surface area contributed by atoms with Crippen LogP contribution in [-0.4, -0.2) is 64.4 Å². The van der Waals surface area contributed by atoms with Gasteiger partial charge in [-0.2, -0.15) is 0 Å². The number of pyridine rings is 1. The average molecular weight is 376 g/mol. The van der Waals surface area contributed by atoms with Gasteiger partial charge in [0, 0.05) is 50.3 Å². The number of aromatic nitrogens is 1. The lowest BCUT2D eigenvalue weighted by Gasteiger charge is -2.44. The number of nitrogens with zero attached hydrogens (tertiary/aromatic N) is 3. The minimum Gasteiger partial charge on any atom is -0.460 e. The summed E-state index contributed by atoms with van der Waals surface area (Å²) < 4.78 is 5.38. The highest BCUT2D eigenvalue weighted by Gasteiger charge is 2.38. The SMILES string of the molecule is CC(C)(C)OC(=O)CC1(O)CCC(N2CCN(c3ccncc3)CC2)CC1. The van der Waals surface area contributed by atoms with Crippen molar-refractivity contribution in [2.45, 2.75) is 70.1 Å². The highest BCUT2D eigenvalue weighted by Crippen LogP contribution is 2.34. The Morgan fingerprint density at radius 3 is 2.33 bits per heavy atom. The van der Waals surface area contributed by atoms with E-state index in [1.165, 1.54) is 5.69 Å². The van der Waals surface area contributed by atoms with Crippen LogP contribution in [0, 0.1) is 0 Å². The lowest BCUT2D eigenvalue weighted by Crippen LogP contribution is -2.52. The lowest BCUT2D eigenvalue weighted by atomic mass is 9.79. The predicted octanol–water partition coefficient (Wildman–Crippen LogP) is 2.61. The van der Waals surface area contributed by atoms with Crippen LogP contribution < -0.4 is 4.90 Å². The Balaban J connectivity index is 1.45. The van der Waals surface area contributed by atoms with E-state index >= 15 is 0 Å². The number of piperazine rings is 1. The monoisotopic (exact) mass is 375 g/mol. The van der Waals surface area contributed by atoms with E-state index in [9.17, 15) is 9.90 Å². The summed E-state index contributed by atoms with van der Waals surface area (Å²) in [5.41, 5.74) is -0.170. The summed E-state index contributed by atoms with van der Waals surface area (Å²) in [6.45, 7) is 9.69. The first-order valence-corrected chi connectivity index (χ1v) is 10.1. The van der Waals surface area contributed by atoms with Crippen LogP contribution in [0.3, 0.4) is 0 Å². The van der Waals surface area contributed by atoms with Crippen LogP contribution in [-0.2, 0) is 9.53 Å². The van der Waals surface area contributed by atoms with Crippen LogP contribution in [0.15, 0.2) is 24.5 Å². The molecule has 1 aromatic rings. The standard InChI is InChI=1S/C21H33N3O3/c1-20(2,3)27-19(25)16-21(26)8-4-17(5-9-21)23-12-14-24(15-13-23)18-6-10-22-11-7-18/h6-7,10-11,17,26H,4-5,8-9,12-16H2,1-3H3. The van der Waals surface area contributed by atoms with Gasteiger partial charge in [0.15, 0.2) is 0 Å². The van der Waals surface area contributed by atoms with E-state index in [0.29, 0.717) is 18.9 Å². The number of carbonyl (C=O) groups is 1. The van der Waals surface area contributed by atoms with Gasteiger partial charge in [-0.25, -0.2) is 0 Å². The Bertz CT molecular complexity index is 613. The van der Waals surface area contributed by atoms with Crippen LogP contribution in [0.25, 0.3) is 0 Å². The van der Waals surface area contributed by atoms with E-state index in [1.807, 2.05) is 33.2 Å². The largest absolute Gasteiger partial charge is 0.460 e. The van der Waals surface area contributed by atoms with E-state index in [4.69, 9.17) is 4.74 Å². The van der Waals surface area contributed by atoms with Crippen LogP contribution in [0.4, 0.5) is 5.69 Å². The van der Waals surface area contributed by atoms with Crippen molar-refractivity contribution in [1.82, 2.24) is 9.88 Å². The van der Waals surface area contributed by atoms with Crippen molar-refractivity contribution < 1.29 is 14.6 Å². The highest BCUT2D eigenvalue weighted by molar-refractivity contribution is 5.71. The molecule has 1 aliphatic carbocycles. The second kappa shape index (κ2) is 8.15. The van der Waals surface area contributed by atoms with Crippen molar-refractivity contribution in [1.29, 1.82) is 0 Å². The molecule has 0 atom stereocenters. The van der Waals surface area contributed by atoms with Crippen LogP contribution >= 0.6 is 0 Å². The average Bonchev–Trinajstić information content (AvgIpc) is 2.61. The Hall–Kier alpha value is -1.66. The maximum atomic E-state index is 12.1. The van der Waals surface area contributed by atoms with Gasteiger partial charge < -0.3 is 14.7 Å². The van der Waals surface area contributed by atoms with Gasteiger partial charge in [0.2, 0.25) is 0 Å². The van der Waals surface area contributed by atoms with Gasteiger partial charge in [0.05, 0.1) is 12.0 Å². The minimum atomic E-state index is -0.905. The van der Waals surface area contributed by atoms with E-state index in [-0.39, 0.29) is 12.4 Å². The fourth-order valence-corrected chi connectivity index (χ4v) is 4.23. The third kappa shape index (κ3) is 5.66. The van der Waals surface area contributed by atoms with Crippen LogP contribution in [0.5, 0.6) is 0 Å². The van der Waals surface area contributed by atoms with Gasteiger partial charge in [0.1, 0.15) is 5.60 Å². The normalized spacial score (nSPS) is 27.4. The Morgan fingerprint density at radius 2 is 1.78 bits per heavy atom. The van der Waals surface area contributed by atoms with Gasteiger partial charge in [-0.3, -0.25) is 14.7 Å². The van der Waals surface area contributed by atoms with Crippen molar-refractivity contribution in [3.05, 3.63) is 24.5 Å². The molecule has 150 valence electrons. The highest BCUT2D eigenvalue weighted by atomic mass is 16.6. The second-order valence-electron chi connectivity index (χ2n) is 8.95. The fraction of sp³-hybridized carbons (Fsp3) is 0.714. The molecule has 1 aliphatic heterocycles. The molecule has 2 fully saturated rings.